The van der Waals surface area contributed by atoms with E-state index >= 15 is 0 Å². The number of amides is 6. The Kier molecular flexibility index (Phi) is 26.6. The number of aromatic nitrogens is 2. The SMILES string of the molecule is C=Cc1cc2cc([C@@H](C)NC(=O)[C@@H]3CCCN(C(=O)[C@H](C)NC(=O)[C@@H](OC(=O)[C@@H](C/C=C/C)CCC4(C)OCCO4)C(C)C)N3)ccc2cn1.CC(C)[C@@H]1OC(=O)[C@H](CCC2(C)OCCO2)C/C=C/c2cc3cc(ccc3cn2)[C@@H](C)NC(=O)[C@@H]2CCCN(N2)C(=O)[C@H](C)NC1=O. The van der Waals surface area contributed by atoms with Gasteiger partial charge in [0.2, 0.25) is 11.8 Å². The molecule has 97 heavy (non-hydrogen) atoms. The van der Waals surface area contributed by atoms with Gasteiger partial charge < -0.3 is 49.7 Å². The first-order valence-electron chi connectivity index (χ1n) is 34.3. The smallest absolute Gasteiger partial charge is 0.310 e. The number of nitrogens with zero attached hydrogens (tertiary/aromatic N) is 4. The molecule has 5 bridgehead atoms. The molecule has 0 saturated carbocycles. The van der Waals surface area contributed by atoms with Crippen LogP contribution in [0.4, 0.5) is 0 Å². The summed E-state index contributed by atoms with van der Waals surface area (Å²) in [5.41, 5.74) is 9.47. The predicted octanol–water partition coefficient (Wildman–Crippen LogP) is 8.31. The number of carbonyl (C=O) groups excluding carboxylic acids is 8. The summed E-state index contributed by atoms with van der Waals surface area (Å²) in [4.78, 5) is 116. The van der Waals surface area contributed by atoms with Gasteiger partial charge in [-0.3, -0.25) is 58.3 Å². The Labute approximate surface area is 569 Å². The van der Waals surface area contributed by atoms with Crippen molar-refractivity contribution in [3.8, 4) is 0 Å². The third-order valence-electron chi connectivity index (χ3n) is 18.4. The Morgan fingerprint density at radius 2 is 1.43 bits per heavy atom. The first kappa shape index (κ1) is 74.8. The molecule has 10 atom stereocenters. The highest BCUT2D eigenvalue weighted by molar-refractivity contribution is 5.93. The number of carbonyl (C=O) groups is 8. The zero-order valence-electron chi connectivity index (χ0n) is 58.1. The van der Waals surface area contributed by atoms with Gasteiger partial charge in [-0.1, -0.05) is 76.8 Å². The van der Waals surface area contributed by atoms with Gasteiger partial charge in [0, 0.05) is 49.1 Å². The topological polar surface area (TPSA) is 296 Å². The van der Waals surface area contributed by atoms with Gasteiger partial charge in [-0.2, -0.15) is 0 Å². The van der Waals surface area contributed by atoms with E-state index in [1.807, 2.05) is 107 Å². The number of ether oxygens (including phenoxy) is 6. The van der Waals surface area contributed by atoms with Gasteiger partial charge in [0.25, 0.3) is 23.6 Å². The summed E-state index contributed by atoms with van der Waals surface area (Å²) in [6.07, 6.45) is 15.6. The lowest BCUT2D eigenvalue weighted by atomic mass is 9.95. The molecule has 5 aliphatic heterocycles. The Morgan fingerprint density at radius 3 is 2.11 bits per heavy atom. The van der Waals surface area contributed by atoms with Crippen LogP contribution in [-0.4, -0.2) is 155 Å². The molecule has 5 aliphatic rings. The van der Waals surface area contributed by atoms with Crippen molar-refractivity contribution in [2.24, 2.45) is 23.7 Å². The molecule has 4 aromatic rings. The summed E-state index contributed by atoms with van der Waals surface area (Å²) in [5.74, 6) is -6.62. The third-order valence-corrected chi connectivity index (χ3v) is 18.4. The second-order valence-electron chi connectivity index (χ2n) is 27.0. The molecular formula is C73H100N10O14. The minimum Gasteiger partial charge on any atom is -0.452 e. The number of hydrogen-bond acceptors (Lipinski definition) is 18. The molecule has 4 fully saturated rings. The largest absolute Gasteiger partial charge is 0.452 e. The van der Waals surface area contributed by atoms with Crippen molar-refractivity contribution in [2.75, 3.05) is 39.5 Å². The molecule has 0 radical (unpaired) electrons. The molecule has 7 heterocycles. The van der Waals surface area contributed by atoms with Crippen LogP contribution in [0.25, 0.3) is 33.7 Å². The number of rotatable bonds is 19. The lowest BCUT2D eigenvalue weighted by molar-refractivity contribution is -0.167. The van der Waals surface area contributed by atoms with E-state index in [-0.39, 0.29) is 41.6 Å². The molecule has 4 saturated heterocycles. The van der Waals surface area contributed by atoms with Crippen LogP contribution in [0.1, 0.15) is 175 Å². The lowest BCUT2D eigenvalue weighted by Crippen LogP contribution is -2.61. The van der Waals surface area contributed by atoms with Crippen molar-refractivity contribution < 1.29 is 66.8 Å². The van der Waals surface area contributed by atoms with E-state index in [0.717, 1.165) is 44.1 Å². The van der Waals surface area contributed by atoms with Crippen molar-refractivity contribution in [2.45, 2.75) is 200 Å². The summed E-state index contributed by atoms with van der Waals surface area (Å²) in [5, 5.41) is 18.3. The van der Waals surface area contributed by atoms with Gasteiger partial charge in [0.1, 0.15) is 24.2 Å². The van der Waals surface area contributed by atoms with E-state index in [1.165, 1.54) is 10.0 Å². The van der Waals surface area contributed by atoms with Crippen molar-refractivity contribution in [1.82, 2.24) is 52.1 Å². The molecule has 6 N–H and O–H groups in total. The van der Waals surface area contributed by atoms with Crippen molar-refractivity contribution in [1.29, 1.82) is 0 Å². The van der Waals surface area contributed by atoms with Crippen LogP contribution in [0.2, 0.25) is 0 Å². The molecule has 0 spiro atoms. The highest BCUT2D eigenvalue weighted by Gasteiger charge is 2.40. The fraction of sp³-hybridized carbons (Fsp3) is 0.562. The normalized spacial score (nSPS) is 24.1. The first-order chi connectivity index (χ1) is 46.3. The fourth-order valence-corrected chi connectivity index (χ4v) is 12.4. The number of pyridine rings is 2. The van der Waals surface area contributed by atoms with Crippen LogP contribution < -0.4 is 32.1 Å². The molecule has 2 aromatic carbocycles. The van der Waals surface area contributed by atoms with Crippen LogP contribution in [0, 0.1) is 23.7 Å². The van der Waals surface area contributed by atoms with Gasteiger partial charge >= 0.3 is 11.9 Å². The average molecular weight is 1340 g/mol. The average Bonchev–Trinajstić information content (AvgIpc) is 1.86. The van der Waals surface area contributed by atoms with E-state index < -0.39 is 89.4 Å². The standard InChI is InChI=1S/C38H53N5O7.C35H47N5O7/c1-8-10-12-27(16-17-38(7)48-19-20-49-38)37(47)50-33(24(3)4)35(45)41-26(6)36(46)43-18-11-13-32(42-43)34(44)40-25(5)28-14-15-29-23-39-31(9-2)22-30(29)21-28;1-21(2)30-32(42)38-23(4)33(43)40-15-7-10-29(39-40)31(41)37-22(3)25-11-12-26-20-36-28(19-27(26)18-25)9-6-8-24(34(44)47-30)13-14-35(5)45-16-17-46-35/h8-10,14-15,21-27,32-33,42H,2,11-13,16-20H2,1,3-7H3,(H,40,44)(H,41,45);6,9,11-12,18-24,29-30,39H,7-8,10,13-17H2,1-5H3,(H,37,41)(H,38,42)/b10-8+;9-6+/t25-,26+,27+,32+,33+;22-,23+,24+,29+,30+/m11/s1. The zero-order valence-corrected chi connectivity index (χ0v) is 58.1. The highest BCUT2D eigenvalue weighted by Crippen LogP contribution is 2.32. The van der Waals surface area contributed by atoms with Gasteiger partial charge in [-0.05, 0) is 170 Å². The monoisotopic (exact) mass is 1340 g/mol. The Bertz CT molecular complexity index is 3510. The van der Waals surface area contributed by atoms with Crippen molar-refractivity contribution in [3.05, 3.63) is 108 Å². The second kappa shape index (κ2) is 34.5. The number of allylic oxidation sites excluding steroid dienone is 3. The second-order valence-corrected chi connectivity index (χ2v) is 27.0. The molecule has 24 heteroatoms. The Morgan fingerprint density at radius 1 is 0.773 bits per heavy atom. The molecule has 6 amide bonds. The van der Waals surface area contributed by atoms with E-state index in [1.54, 1.807) is 60.0 Å². The van der Waals surface area contributed by atoms with Gasteiger partial charge in [0.05, 0.1) is 61.7 Å². The number of hydrogen-bond donors (Lipinski definition) is 6. The predicted molar refractivity (Wildman–Crippen MR) is 366 cm³/mol. The van der Waals surface area contributed by atoms with E-state index in [4.69, 9.17) is 28.4 Å². The number of nitrogens with one attached hydrogen (secondary N) is 6. The minimum absolute atomic E-state index is 0.214. The molecule has 526 valence electrons. The first-order valence-corrected chi connectivity index (χ1v) is 34.3. The molecule has 24 nitrogen and oxygen atoms in total. The Balaban J connectivity index is 0.000000248. The fourth-order valence-electron chi connectivity index (χ4n) is 12.4. The summed E-state index contributed by atoms with van der Waals surface area (Å²) < 4.78 is 34.6. The summed E-state index contributed by atoms with van der Waals surface area (Å²) >= 11 is 0. The summed E-state index contributed by atoms with van der Waals surface area (Å²) in [6, 6.07) is 12.2. The molecule has 2 aromatic heterocycles. The third kappa shape index (κ3) is 20.5. The van der Waals surface area contributed by atoms with Gasteiger partial charge in [-0.15, -0.1) is 0 Å². The molecule has 9 rings (SSSR count). The van der Waals surface area contributed by atoms with Crippen molar-refractivity contribution >= 4 is 81.1 Å². The van der Waals surface area contributed by atoms with Crippen molar-refractivity contribution in [3.63, 3.8) is 0 Å². The maximum atomic E-state index is 13.7. The zero-order chi connectivity index (χ0) is 70.1. The quantitative estimate of drug-likeness (QED) is 0.0380. The number of hydrazine groups is 2. The van der Waals surface area contributed by atoms with E-state index in [9.17, 15) is 38.4 Å². The summed E-state index contributed by atoms with van der Waals surface area (Å²) in [7, 11) is 0. The maximum Gasteiger partial charge on any atom is 0.310 e. The van der Waals surface area contributed by atoms with Gasteiger partial charge in [-0.25, -0.2) is 10.9 Å². The minimum atomic E-state index is -1.11. The number of esters is 2. The summed E-state index contributed by atoms with van der Waals surface area (Å²) in [6.45, 7) is 26.3. The van der Waals surface area contributed by atoms with E-state index in [2.05, 4.69) is 48.7 Å². The van der Waals surface area contributed by atoms with Crippen LogP contribution in [-0.2, 0) is 66.8 Å². The Hall–Kier alpha value is -8.00. The molecule has 0 aliphatic carbocycles. The molecular weight excluding hydrogens is 1240 g/mol. The number of benzene rings is 2. The van der Waals surface area contributed by atoms with E-state index in [0.29, 0.717) is 104 Å². The lowest BCUT2D eigenvalue weighted by Gasteiger charge is -2.35. The van der Waals surface area contributed by atoms with Gasteiger partial charge in [0.15, 0.2) is 23.8 Å². The number of cyclic esters (lactones) is 1. The van der Waals surface area contributed by atoms with Crippen LogP contribution in [0.15, 0.2) is 85.7 Å². The molecule has 0 unspecified atom stereocenters. The number of fused-ring (bicyclic) bond motifs is 5. The maximum absolute atomic E-state index is 13.7. The van der Waals surface area contributed by atoms with Crippen LogP contribution in [0.5, 0.6) is 0 Å². The highest BCUT2D eigenvalue weighted by atomic mass is 16.7. The van der Waals surface area contributed by atoms with Crippen LogP contribution in [0.3, 0.4) is 0 Å². The van der Waals surface area contributed by atoms with Crippen LogP contribution >= 0.6 is 0 Å².